The van der Waals surface area contributed by atoms with E-state index in [1.807, 2.05) is 30.3 Å². The van der Waals surface area contributed by atoms with Gasteiger partial charge >= 0.3 is 41.3 Å². The van der Waals surface area contributed by atoms with Crippen LogP contribution in [-0.4, -0.2) is 3.21 Å². The van der Waals surface area contributed by atoms with Crippen LogP contribution in [0.15, 0.2) is 84.9 Å². The molecular formula is C21H20ClZr-3. The van der Waals surface area contributed by atoms with Crippen molar-refractivity contribution in [1.82, 2.24) is 0 Å². The summed E-state index contributed by atoms with van der Waals surface area (Å²) in [7, 11) is 0. The molecule has 0 fully saturated rings. The Balaban J connectivity index is 0.000000223. The van der Waals surface area contributed by atoms with E-state index < -0.39 is 0 Å². The van der Waals surface area contributed by atoms with Gasteiger partial charge in [-0.2, -0.15) is 18.2 Å². The number of rotatable bonds is 0. The molecule has 0 aromatic heterocycles. The molecular weight excluding hydrogens is 379 g/mol. The molecule has 2 heteroatoms. The number of fused-ring (bicyclic) bond motifs is 3. The molecule has 0 atom stereocenters. The van der Waals surface area contributed by atoms with E-state index in [4.69, 9.17) is 0 Å². The average molecular weight is 399 g/mol. The van der Waals surface area contributed by atoms with Crippen LogP contribution in [0.25, 0.3) is 21.5 Å². The molecule has 0 amide bonds. The molecule has 0 heterocycles. The Morgan fingerprint density at radius 1 is 0.739 bits per heavy atom. The van der Waals surface area contributed by atoms with E-state index in [-0.39, 0.29) is 12.4 Å². The van der Waals surface area contributed by atoms with E-state index in [1.54, 1.807) is 24.2 Å². The van der Waals surface area contributed by atoms with Crippen LogP contribution in [0.1, 0.15) is 13.8 Å². The van der Waals surface area contributed by atoms with Gasteiger partial charge in [0.25, 0.3) is 0 Å². The zero-order chi connectivity index (χ0) is 15.8. The number of benzene rings is 2. The molecule has 0 radical (unpaired) electrons. The fourth-order valence-corrected chi connectivity index (χ4v) is 2.22. The van der Waals surface area contributed by atoms with Crippen LogP contribution in [-0.2, 0) is 24.2 Å². The minimum absolute atomic E-state index is 0. The summed E-state index contributed by atoms with van der Waals surface area (Å²) in [6.45, 7) is 4.25. The first-order valence-corrected chi connectivity index (χ1v) is 8.63. The van der Waals surface area contributed by atoms with Crippen LogP contribution in [0.5, 0.6) is 0 Å². The van der Waals surface area contributed by atoms with Crippen LogP contribution in [0.2, 0.25) is 0 Å². The summed E-state index contributed by atoms with van der Waals surface area (Å²) in [6.07, 6.45) is 0. The first-order valence-electron chi connectivity index (χ1n) is 7.40. The Labute approximate surface area is 159 Å². The van der Waals surface area contributed by atoms with Crippen LogP contribution in [0.3, 0.4) is 0 Å². The van der Waals surface area contributed by atoms with Gasteiger partial charge in [-0.1, -0.05) is 36.4 Å². The molecule has 118 valence electrons. The maximum atomic E-state index is 2.24. The van der Waals surface area contributed by atoms with E-state index in [2.05, 4.69) is 68.4 Å². The molecule has 0 aliphatic carbocycles. The van der Waals surface area contributed by atoms with Gasteiger partial charge in [0.15, 0.2) is 0 Å². The zero-order valence-electron chi connectivity index (χ0n) is 13.5. The second-order valence-electron chi connectivity index (χ2n) is 5.28. The van der Waals surface area contributed by atoms with Crippen molar-refractivity contribution in [3.05, 3.63) is 84.9 Å². The van der Waals surface area contributed by atoms with Gasteiger partial charge in [0, 0.05) is 0 Å². The predicted molar refractivity (Wildman–Crippen MR) is 95.4 cm³/mol. The molecule has 0 aliphatic heterocycles. The van der Waals surface area contributed by atoms with Crippen molar-refractivity contribution >= 4 is 24.8 Å². The molecule has 0 saturated heterocycles. The Morgan fingerprint density at radius 2 is 1.13 bits per heavy atom. The van der Waals surface area contributed by atoms with E-state index in [0.29, 0.717) is 0 Å². The van der Waals surface area contributed by atoms with Crippen LogP contribution >= 0.6 is 0 Å². The van der Waals surface area contributed by atoms with E-state index in [0.717, 1.165) is 0 Å². The van der Waals surface area contributed by atoms with Gasteiger partial charge in [-0.15, -0.1) is 39.7 Å². The van der Waals surface area contributed by atoms with Crippen molar-refractivity contribution in [2.24, 2.45) is 0 Å². The Morgan fingerprint density at radius 3 is 1.48 bits per heavy atom. The van der Waals surface area contributed by atoms with Gasteiger partial charge in [0.1, 0.15) is 0 Å². The molecule has 4 aromatic carbocycles. The van der Waals surface area contributed by atoms with Gasteiger partial charge in [-0.3, -0.25) is 0 Å². The molecule has 0 saturated carbocycles. The summed E-state index contributed by atoms with van der Waals surface area (Å²) in [5.41, 5.74) is 0. The monoisotopic (exact) mass is 397 g/mol. The summed E-state index contributed by atoms with van der Waals surface area (Å²) in [5, 5.41) is 5.39. The smallest absolute Gasteiger partial charge is 0.0771 e. The largest absolute Gasteiger partial charge is 1.00 e. The quantitative estimate of drug-likeness (QED) is 0.399. The maximum absolute atomic E-state index is 2.24. The van der Waals surface area contributed by atoms with E-state index >= 15 is 0 Å². The second kappa shape index (κ2) is 10.5. The number of halogens is 1. The molecule has 4 aromatic rings. The standard InChI is InChI=1S/C13H9.C5H5.C3H6.ClH.Zr/c1-3-7-12-10(5-1)9-11-6-2-4-8-13(11)12;1-2-4-5-3-1;1-3-2;;/h1-9H;1-5H;1-2H3;1H;/q2*-1;;;/p-1. The van der Waals surface area contributed by atoms with Crippen molar-refractivity contribution in [2.75, 3.05) is 0 Å². The molecule has 0 nitrogen and oxygen atoms in total. The molecule has 0 aliphatic rings. The SMILES string of the molecule is C[C](C)=[Zr].[Cl-].c1cc[cH-]c1.c1ccc2c(c1)[cH-]c1ccccc12. The molecule has 0 unspecified atom stereocenters. The van der Waals surface area contributed by atoms with Crippen LogP contribution in [0.4, 0.5) is 0 Å². The summed E-state index contributed by atoms with van der Waals surface area (Å²) in [4.78, 5) is 0. The molecule has 0 N–H and O–H groups in total. The second-order valence-corrected chi connectivity index (χ2v) is 7.74. The fourth-order valence-electron chi connectivity index (χ4n) is 2.22. The minimum atomic E-state index is 0. The first kappa shape index (κ1) is 19.7. The summed E-state index contributed by atoms with van der Waals surface area (Å²) >= 11 is 1.55. The molecule has 0 spiro atoms. The normalized spacial score (nSPS) is 9.09. The van der Waals surface area contributed by atoms with Crippen molar-refractivity contribution in [2.45, 2.75) is 13.8 Å². The fraction of sp³-hybridized carbons (Fsp3) is 0.0952. The minimum Gasteiger partial charge on any atom is -1.00 e. The third-order valence-electron chi connectivity index (χ3n) is 3.08. The Hall–Kier alpha value is -1.30. The summed E-state index contributed by atoms with van der Waals surface area (Å²) in [5.74, 6) is 0. The Kier molecular flexibility index (Phi) is 8.99. The van der Waals surface area contributed by atoms with Gasteiger partial charge in [-0.05, 0) is 0 Å². The van der Waals surface area contributed by atoms with Crippen molar-refractivity contribution in [3.63, 3.8) is 0 Å². The van der Waals surface area contributed by atoms with Gasteiger partial charge in [0.2, 0.25) is 0 Å². The predicted octanol–water partition coefficient (Wildman–Crippen LogP) is 2.87. The molecule has 4 rings (SSSR count). The molecule has 0 bridgehead atoms. The topological polar surface area (TPSA) is 0 Å². The van der Waals surface area contributed by atoms with E-state index in [9.17, 15) is 0 Å². The van der Waals surface area contributed by atoms with Crippen molar-refractivity contribution in [3.8, 4) is 0 Å². The zero-order valence-corrected chi connectivity index (χ0v) is 16.7. The van der Waals surface area contributed by atoms with E-state index in [1.165, 1.54) is 24.8 Å². The van der Waals surface area contributed by atoms with Gasteiger partial charge < -0.3 is 12.4 Å². The van der Waals surface area contributed by atoms with Gasteiger partial charge in [0.05, 0.1) is 0 Å². The summed E-state index contributed by atoms with van der Waals surface area (Å²) in [6, 6.07) is 29.3. The molecule has 23 heavy (non-hydrogen) atoms. The average Bonchev–Trinajstić information content (AvgIpc) is 3.18. The van der Waals surface area contributed by atoms with Crippen LogP contribution < -0.4 is 12.4 Å². The first-order chi connectivity index (χ1) is 10.7. The van der Waals surface area contributed by atoms with Crippen molar-refractivity contribution < 1.29 is 36.6 Å². The van der Waals surface area contributed by atoms with Crippen LogP contribution in [0, 0.1) is 0 Å². The number of hydrogen-bond acceptors (Lipinski definition) is 0. The Bertz CT molecular complexity index is 754. The van der Waals surface area contributed by atoms with Crippen molar-refractivity contribution in [1.29, 1.82) is 0 Å². The van der Waals surface area contributed by atoms with Gasteiger partial charge in [-0.25, -0.2) is 12.1 Å². The third-order valence-corrected chi connectivity index (χ3v) is 3.08. The summed E-state index contributed by atoms with van der Waals surface area (Å²) < 4.78 is 1.51. The number of hydrogen-bond donors (Lipinski definition) is 0. The maximum Gasteiger partial charge on any atom is -0.0771 e. The third kappa shape index (κ3) is 6.38.